The Balaban J connectivity index is 2.31. The van der Waals surface area contributed by atoms with Crippen LogP contribution in [-0.2, 0) is 19.1 Å². The van der Waals surface area contributed by atoms with Crippen LogP contribution in [0.3, 0.4) is 0 Å². The van der Waals surface area contributed by atoms with Crippen LogP contribution in [0.15, 0.2) is 48.6 Å². The molecular formula is C47H84N4O5. The van der Waals surface area contributed by atoms with Gasteiger partial charge in [-0.1, -0.05) is 133 Å². The number of rotatable bonds is 37. The Morgan fingerprint density at radius 1 is 0.571 bits per heavy atom. The first kappa shape index (κ1) is 51.3. The van der Waals surface area contributed by atoms with E-state index in [0.717, 1.165) is 96.8 Å². The maximum atomic E-state index is 13.1. The van der Waals surface area contributed by atoms with Crippen molar-refractivity contribution < 1.29 is 24.2 Å². The highest BCUT2D eigenvalue weighted by atomic mass is 16.5. The summed E-state index contributed by atoms with van der Waals surface area (Å²) in [5, 5.41) is 15.1. The summed E-state index contributed by atoms with van der Waals surface area (Å²) in [6.07, 6.45) is 45.0. The number of aliphatic hydroxyl groups is 1. The van der Waals surface area contributed by atoms with E-state index in [1.807, 2.05) is 4.90 Å². The number of hydrogen-bond donors (Lipinski definition) is 3. The molecule has 2 amide bonds. The molecule has 1 saturated heterocycles. The summed E-state index contributed by atoms with van der Waals surface area (Å²) < 4.78 is 5.60. The van der Waals surface area contributed by atoms with Gasteiger partial charge in [0.1, 0.15) is 6.04 Å². The largest absolute Gasteiger partial charge is 0.464 e. The summed E-state index contributed by atoms with van der Waals surface area (Å²) >= 11 is 0. The summed E-state index contributed by atoms with van der Waals surface area (Å²) in [6.45, 7) is 8.56. The molecule has 0 aromatic rings. The molecule has 1 heterocycles. The van der Waals surface area contributed by atoms with E-state index in [-0.39, 0.29) is 31.5 Å². The lowest BCUT2D eigenvalue weighted by molar-refractivity contribution is -0.148. The highest BCUT2D eigenvalue weighted by molar-refractivity contribution is 5.85. The molecule has 3 N–H and O–H groups in total. The van der Waals surface area contributed by atoms with Crippen LogP contribution < -0.4 is 10.6 Å². The van der Waals surface area contributed by atoms with Gasteiger partial charge in [-0.25, -0.2) is 4.79 Å². The zero-order valence-electron chi connectivity index (χ0n) is 36.0. The minimum atomic E-state index is -0.910. The van der Waals surface area contributed by atoms with E-state index in [4.69, 9.17) is 4.74 Å². The Bertz CT molecular complexity index is 1070. The molecule has 0 aliphatic carbocycles. The maximum Gasteiger partial charge on any atom is 0.330 e. The number of esters is 1. The molecule has 322 valence electrons. The van der Waals surface area contributed by atoms with Crippen molar-refractivity contribution in [1.82, 2.24) is 20.4 Å². The molecule has 1 atom stereocenters. The van der Waals surface area contributed by atoms with E-state index in [1.54, 1.807) is 0 Å². The van der Waals surface area contributed by atoms with E-state index in [1.165, 1.54) is 77.0 Å². The van der Waals surface area contributed by atoms with Crippen molar-refractivity contribution in [2.24, 2.45) is 0 Å². The molecule has 0 aromatic carbocycles. The van der Waals surface area contributed by atoms with Gasteiger partial charge in [-0.05, 0) is 77.0 Å². The highest BCUT2D eigenvalue weighted by Gasteiger charge is 2.24. The number of amides is 2. The first-order valence-corrected chi connectivity index (χ1v) is 22.9. The third-order valence-corrected chi connectivity index (χ3v) is 10.4. The van der Waals surface area contributed by atoms with Gasteiger partial charge in [0.2, 0.25) is 11.8 Å². The Morgan fingerprint density at radius 2 is 1.04 bits per heavy atom. The van der Waals surface area contributed by atoms with Crippen molar-refractivity contribution in [2.75, 3.05) is 52.6 Å². The topological polar surface area (TPSA) is 111 Å². The Morgan fingerprint density at radius 3 is 1.55 bits per heavy atom. The fourth-order valence-electron chi connectivity index (χ4n) is 6.64. The van der Waals surface area contributed by atoms with Crippen molar-refractivity contribution in [1.29, 1.82) is 0 Å². The minimum Gasteiger partial charge on any atom is -0.464 e. The van der Waals surface area contributed by atoms with E-state index >= 15 is 0 Å². The first-order valence-electron chi connectivity index (χ1n) is 22.9. The summed E-state index contributed by atoms with van der Waals surface area (Å²) in [5.41, 5.74) is 0. The van der Waals surface area contributed by atoms with Gasteiger partial charge in [0.15, 0.2) is 0 Å². The normalized spacial score (nSPS) is 14.8. The van der Waals surface area contributed by atoms with Crippen LogP contribution >= 0.6 is 0 Å². The monoisotopic (exact) mass is 785 g/mol. The van der Waals surface area contributed by atoms with Gasteiger partial charge in [-0.2, -0.15) is 0 Å². The predicted octanol–water partition coefficient (Wildman–Crippen LogP) is 9.72. The maximum absolute atomic E-state index is 13.1. The molecule has 1 aliphatic rings. The van der Waals surface area contributed by atoms with Gasteiger partial charge in [0.05, 0.1) is 13.3 Å². The number of allylic oxidation sites excluding steroid dienone is 8. The lowest BCUT2D eigenvalue weighted by Gasteiger charge is -2.33. The van der Waals surface area contributed by atoms with Gasteiger partial charge in [-0.3, -0.25) is 14.5 Å². The molecule has 1 fully saturated rings. The van der Waals surface area contributed by atoms with Gasteiger partial charge < -0.3 is 25.4 Å². The number of nitrogens with zero attached hydrogens (tertiary/aromatic N) is 2. The van der Waals surface area contributed by atoms with E-state index in [0.29, 0.717) is 19.6 Å². The third-order valence-electron chi connectivity index (χ3n) is 10.4. The number of unbranched alkanes of at least 4 members (excludes halogenated alkanes) is 17. The van der Waals surface area contributed by atoms with Crippen LogP contribution in [0.25, 0.3) is 0 Å². The molecule has 9 heteroatoms. The average Bonchev–Trinajstić information content (AvgIpc) is 3.21. The van der Waals surface area contributed by atoms with Crippen LogP contribution in [0.4, 0.5) is 0 Å². The number of nitrogens with one attached hydrogen (secondary N) is 2. The number of carbonyl (C=O) groups is 3. The first-order chi connectivity index (χ1) is 27.5. The Labute approximate surface area is 343 Å². The molecule has 0 saturated carbocycles. The van der Waals surface area contributed by atoms with Crippen LogP contribution in [0.5, 0.6) is 0 Å². The van der Waals surface area contributed by atoms with Gasteiger partial charge in [0, 0.05) is 52.1 Å². The van der Waals surface area contributed by atoms with E-state index in [2.05, 4.69) is 78.0 Å². The van der Waals surface area contributed by atoms with Crippen LogP contribution in [-0.4, -0.2) is 91.3 Å². The standard InChI is InChI=1S/C47H84N4O5/c1-3-5-7-9-11-13-15-17-19-21-23-25-27-29-31-33-41-56-47(55)44(49-46(54)35-36-50-37-39-51(43-52)40-38-50)42-48-45(53)34-32-30-28-26-24-22-20-18-16-14-12-10-8-6-4-2/h11-14,17-20,44,52H,3-10,15-16,21-43H2,1-2H3,(H,48,53)(H,49,54)/b13-11-,14-12-,19-17-,20-18-/t44-/m1/s1. The number of aliphatic hydroxyl groups excluding tert-OH is 1. The highest BCUT2D eigenvalue weighted by Crippen LogP contribution is 2.10. The molecule has 9 nitrogen and oxygen atoms in total. The fourth-order valence-corrected chi connectivity index (χ4v) is 6.64. The Hall–Kier alpha value is -2.75. The molecular weight excluding hydrogens is 701 g/mol. The number of hydrogen-bond acceptors (Lipinski definition) is 7. The van der Waals surface area contributed by atoms with Crippen LogP contribution in [0.2, 0.25) is 0 Å². The molecule has 0 bridgehead atoms. The van der Waals surface area contributed by atoms with Crippen molar-refractivity contribution >= 4 is 17.8 Å². The second-order valence-corrected chi connectivity index (χ2v) is 15.5. The van der Waals surface area contributed by atoms with Gasteiger partial charge >= 0.3 is 5.97 Å². The quantitative estimate of drug-likeness (QED) is 0.0327. The summed E-state index contributed by atoms with van der Waals surface area (Å²) in [5.74, 6) is -0.822. The second kappa shape index (κ2) is 39.1. The van der Waals surface area contributed by atoms with Crippen molar-refractivity contribution in [3.05, 3.63) is 48.6 Å². The molecule has 56 heavy (non-hydrogen) atoms. The molecule has 1 rings (SSSR count). The van der Waals surface area contributed by atoms with Gasteiger partial charge in [-0.15, -0.1) is 0 Å². The van der Waals surface area contributed by atoms with E-state index < -0.39 is 12.0 Å². The number of carbonyl (C=O) groups excluding carboxylic acids is 3. The van der Waals surface area contributed by atoms with Crippen molar-refractivity contribution in [3.63, 3.8) is 0 Å². The SMILES string of the molecule is CCCCC/C=C\C/C=C\CCCCCCCCOC(=O)[C@@H](CNC(=O)CCCCCCC/C=C\C/C=C\CCCCC)NC(=O)CCN1CCN(CO)CC1. The lowest BCUT2D eigenvalue weighted by atomic mass is 10.1. The minimum absolute atomic E-state index is 0.0303. The Kier molecular flexibility index (Phi) is 35.8. The molecule has 0 aromatic heterocycles. The molecule has 1 aliphatic heterocycles. The summed E-state index contributed by atoms with van der Waals surface area (Å²) in [7, 11) is 0. The third kappa shape index (κ3) is 32.3. The van der Waals surface area contributed by atoms with Crippen LogP contribution in [0, 0.1) is 0 Å². The number of ether oxygens (including phenoxy) is 1. The zero-order valence-corrected chi connectivity index (χ0v) is 36.0. The molecule has 0 radical (unpaired) electrons. The summed E-state index contributed by atoms with van der Waals surface area (Å²) in [6, 6.07) is -0.910. The smallest absolute Gasteiger partial charge is 0.330 e. The molecule has 0 unspecified atom stereocenters. The van der Waals surface area contributed by atoms with Crippen LogP contribution in [0.1, 0.15) is 174 Å². The van der Waals surface area contributed by atoms with E-state index in [9.17, 15) is 19.5 Å². The predicted molar refractivity (Wildman–Crippen MR) is 234 cm³/mol. The molecule has 0 spiro atoms. The zero-order chi connectivity index (χ0) is 40.6. The van der Waals surface area contributed by atoms with Gasteiger partial charge in [0.25, 0.3) is 0 Å². The average molecular weight is 785 g/mol. The lowest BCUT2D eigenvalue weighted by Crippen LogP contribution is -2.50. The van der Waals surface area contributed by atoms with Crippen molar-refractivity contribution in [2.45, 2.75) is 180 Å². The number of piperazine rings is 1. The summed E-state index contributed by atoms with van der Waals surface area (Å²) in [4.78, 5) is 42.8. The van der Waals surface area contributed by atoms with Crippen molar-refractivity contribution in [3.8, 4) is 0 Å². The second-order valence-electron chi connectivity index (χ2n) is 15.5. The fraction of sp³-hybridized carbons (Fsp3) is 0.766.